The van der Waals surface area contributed by atoms with Gasteiger partial charge in [0.1, 0.15) is 12.4 Å². The molecule has 0 radical (unpaired) electrons. The van der Waals surface area contributed by atoms with Crippen LogP contribution in [0.2, 0.25) is 0 Å². The monoisotopic (exact) mass is 319 g/mol. The molecule has 0 aliphatic carbocycles. The van der Waals surface area contributed by atoms with Crippen LogP contribution in [-0.2, 0) is 13.8 Å². The van der Waals surface area contributed by atoms with Gasteiger partial charge in [-0.15, -0.1) is 4.52 Å². The minimum absolute atomic E-state index is 0.230. The molecule has 1 fully saturated rings. The van der Waals surface area contributed by atoms with Crippen molar-refractivity contribution in [3.05, 3.63) is 12.0 Å². The number of anilines is 2. The molecule has 1 saturated heterocycles. The highest BCUT2D eigenvalue weighted by Gasteiger charge is 2.49. The first-order valence-corrected chi connectivity index (χ1v) is 7.88. The third-order valence-corrected chi connectivity index (χ3v) is 3.64. The van der Waals surface area contributed by atoms with Crippen molar-refractivity contribution in [3.8, 4) is 0 Å². The quantitative estimate of drug-likeness (QED) is 0.675. The van der Waals surface area contributed by atoms with Crippen LogP contribution in [0, 0.1) is 6.92 Å². The Morgan fingerprint density at radius 1 is 1.62 bits per heavy atom. The van der Waals surface area contributed by atoms with Crippen molar-refractivity contribution in [1.82, 2.24) is 9.97 Å². The van der Waals surface area contributed by atoms with Crippen molar-refractivity contribution in [1.29, 1.82) is 0 Å². The molecule has 0 saturated carbocycles. The van der Waals surface area contributed by atoms with Crippen molar-refractivity contribution in [2.24, 2.45) is 0 Å². The molecule has 5 atom stereocenters. The number of aliphatic hydroxyl groups is 1. The smallest absolute Gasteiger partial charge is 0.394 e. The topological polar surface area (TPSA) is 120 Å². The van der Waals surface area contributed by atoms with E-state index in [9.17, 15) is 14.1 Å². The molecule has 0 amide bonds. The summed E-state index contributed by atoms with van der Waals surface area (Å²) in [5, 5.41) is 11.9. The first kappa shape index (κ1) is 16.0. The average Bonchev–Trinajstić information content (AvgIpc) is 2.72. The molecule has 1 aromatic heterocycles. The number of ether oxygens (including phenoxy) is 1. The van der Waals surface area contributed by atoms with Crippen molar-refractivity contribution in [2.45, 2.75) is 31.5 Å². The van der Waals surface area contributed by atoms with Gasteiger partial charge >= 0.3 is 8.03 Å². The number of aromatic nitrogens is 2. The van der Waals surface area contributed by atoms with Gasteiger partial charge in [-0.1, -0.05) is 0 Å². The number of aliphatic hydroxyl groups excluding tert-OH is 1. The summed E-state index contributed by atoms with van der Waals surface area (Å²) in [6.07, 6.45) is -3.49. The van der Waals surface area contributed by atoms with Gasteiger partial charge in [0.2, 0.25) is 0 Å². The number of hydrogen-bond acceptors (Lipinski definition) is 8. The normalized spacial score (nSPS) is 29.4. The first-order chi connectivity index (χ1) is 9.93. The Morgan fingerprint density at radius 3 is 2.95 bits per heavy atom. The van der Waals surface area contributed by atoms with Gasteiger partial charge in [-0.25, -0.2) is 14.4 Å². The van der Waals surface area contributed by atoms with Gasteiger partial charge in [0, 0.05) is 0 Å². The number of nitrogens with two attached hydrogens (primary N) is 1. The van der Waals surface area contributed by atoms with E-state index in [1.54, 1.807) is 6.92 Å². The number of nitrogens with zero attached hydrogens (tertiary/aromatic N) is 2. The van der Waals surface area contributed by atoms with Gasteiger partial charge in [-0.2, -0.15) is 0 Å². The van der Waals surface area contributed by atoms with Crippen LogP contribution in [0.15, 0.2) is 6.33 Å². The molecule has 1 aromatic rings. The molecule has 8 nitrogen and oxygen atoms in total. The van der Waals surface area contributed by atoms with Crippen LogP contribution < -0.4 is 11.1 Å². The van der Waals surface area contributed by atoms with E-state index in [1.165, 1.54) is 13.0 Å². The Balaban J connectivity index is 2.14. The standard InChI is InChI=1S/C11H17FN4O4P/c1-5-8(13)10(15-4-14-5)16-11-7(12)9(20-21(2)18)6(3-17)19-11/h4,6-7,9,11,17H,3,13H2,1-2H3,(H,14,15,16)/q+1/t6?,7-,9-,11-/m1/s1. The van der Waals surface area contributed by atoms with Gasteiger partial charge in [-0.05, 0) is 11.5 Å². The molecule has 116 valence electrons. The molecule has 0 bridgehead atoms. The van der Waals surface area contributed by atoms with Crippen molar-refractivity contribution in [2.75, 3.05) is 24.3 Å². The highest BCUT2D eigenvalue weighted by atomic mass is 31.1. The molecule has 10 heteroatoms. The second-order valence-corrected chi connectivity index (χ2v) is 5.69. The molecule has 0 spiro atoms. The molecule has 21 heavy (non-hydrogen) atoms. The number of nitrogens with one attached hydrogen (secondary N) is 1. The second-order valence-electron chi connectivity index (χ2n) is 4.60. The summed E-state index contributed by atoms with van der Waals surface area (Å²) in [5.41, 5.74) is 6.62. The lowest BCUT2D eigenvalue weighted by molar-refractivity contribution is -0.00677. The van der Waals surface area contributed by atoms with Crippen LogP contribution >= 0.6 is 8.03 Å². The number of alkyl halides is 1. The van der Waals surface area contributed by atoms with Gasteiger partial charge in [0.25, 0.3) is 0 Å². The fourth-order valence-electron chi connectivity index (χ4n) is 2.01. The number of halogens is 1. The molecular formula is C11H17FN4O4P+. The van der Waals surface area contributed by atoms with Gasteiger partial charge < -0.3 is 20.9 Å². The van der Waals surface area contributed by atoms with Gasteiger partial charge in [0.15, 0.2) is 31.0 Å². The van der Waals surface area contributed by atoms with Crippen LogP contribution in [-0.4, -0.2) is 53.0 Å². The summed E-state index contributed by atoms with van der Waals surface area (Å²) in [6, 6.07) is 0. The van der Waals surface area contributed by atoms with E-state index in [1.807, 2.05) is 0 Å². The minimum Gasteiger partial charge on any atom is -0.394 e. The first-order valence-electron chi connectivity index (χ1n) is 6.25. The van der Waals surface area contributed by atoms with Gasteiger partial charge in [0.05, 0.1) is 18.0 Å². The predicted molar refractivity (Wildman–Crippen MR) is 73.9 cm³/mol. The van der Waals surface area contributed by atoms with E-state index in [0.29, 0.717) is 5.69 Å². The van der Waals surface area contributed by atoms with Crippen LogP contribution in [0.25, 0.3) is 0 Å². The summed E-state index contributed by atoms with van der Waals surface area (Å²) < 4.78 is 35.8. The Labute approximate surface area is 121 Å². The van der Waals surface area contributed by atoms with E-state index in [4.69, 9.17) is 15.0 Å². The SMILES string of the molecule is Cc1ncnc(N[C@@H]2OC(CO)[C@@H](O[P+](C)=O)[C@H]2F)c1N. The van der Waals surface area contributed by atoms with E-state index in [-0.39, 0.29) is 11.5 Å². The number of hydrogen-bond donors (Lipinski definition) is 3. The van der Waals surface area contributed by atoms with Crippen LogP contribution in [0.5, 0.6) is 0 Å². The highest BCUT2D eigenvalue weighted by Crippen LogP contribution is 2.33. The third-order valence-electron chi connectivity index (χ3n) is 3.10. The van der Waals surface area contributed by atoms with Crippen LogP contribution in [0.4, 0.5) is 15.9 Å². The maximum absolute atomic E-state index is 14.3. The molecule has 0 aromatic carbocycles. The van der Waals surface area contributed by atoms with E-state index in [2.05, 4.69) is 15.3 Å². The summed E-state index contributed by atoms with van der Waals surface area (Å²) in [7, 11) is -2.02. The molecule has 1 aliphatic rings. The Morgan fingerprint density at radius 2 is 2.33 bits per heavy atom. The summed E-state index contributed by atoms with van der Waals surface area (Å²) >= 11 is 0. The van der Waals surface area contributed by atoms with Crippen molar-refractivity contribution < 1.29 is 23.3 Å². The maximum atomic E-state index is 14.3. The number of nitrogen functional groups attached to an aromatic ring is 1. The summed E-state index contributed by atoms with van der Waals surface area (Å²) in [6.45, 7) is 2.54. The summed E-state index contributed by atoms with van der Waals surface area (Å²) in [4.78, 5) is 7.82. The zero-order chi connectivity index (χ0) is 15.6. The maximum Gasteiger partial charge on any atom is 0.505 e. The lowest BCUT2D eigenvalue weighted by Gasteiger charge is -2.17. The Hall–Kier alpha value is -1.41. The third kappa shape index (κ3) is 3.44. The fourth-order valence-corrected chi connectivity index (χ4v) is 2.60. The molecule has 2 rings (SSSR count). The minimum atomic E-state index is -2.02. The number of rotatable bonds is 5. The average molecular weight is 319 g/mol. The Bertz CT molecular complexity index is 535. The predicted octanol–water partition coefficient (Wildman–Crippen LogP) is 0.592. The zero-order valence-corrected chi connectivity index (χ0v) is 12.5. The zero-order valence-electron chi connectivity index (χ0n) is 11.6. The molecule has 2 heterocycles. The largest absolute Gasteiger partial charge is 0.505 e. The van der Waals surface area contributed by atoms with E-state index >= 15 is 0 Å². The summed E-state index contributed by atoms with van der Waals surface area (Å²) in [5.74, 6) is 0.230. The Kier molecular flexibility index (Phi) is 5.00. The van der Waals surface area contributed by atoms with Crippen LogP contribution in [0.3, 0.4) is 0 Å². The fraction of sp³-hybridized carbons (Fsp3) is 0.636. The second kappa shape index (κ2) is 6.57. The number of aryl methyl sites for hydroxylation is 1. The van der Waals surface area contributed by atoms with Gasteiger partial charge in [-0.3, -0.25) is 0 Å². The molecular weight excluding hydrogens is 302 g/mol. The van der Waals surface area contributed by atoms with Crippen LogP contribution in [0.1, 0.15) is 5.69 Å². The van der Waals surface area contributed by atoms with Crippen molar-refractivity contribution in [3.63, 3.8) is 0 Å². The van der Waals surface area contributed by atoms with E-state index < -0.39 is 39.2 Å². The highest BCUT2D eigenvalue weighted by molar-refractivity contribution is 7.38. The van der Waals surface area contributed by atoms with E-state index in [0.717, 1.165) is 0 Å². The molecule has 2 unspecified atom stereocenters. The lowest BCUT2D eigenvalue weighted by atomic mass is 10.1. The van der Waals surface area contributed by atoms with Crippen molar-refractivity contribution >= 4 is 19.5 Å². The molecule has 1 aliphatic heterocycles. The lowest BCUT2D eigenvalue weighted by Crippen LogP contribution is -2.34. The molecule has 4 N–H and O–H groups in total.